The summed E-state index contributed by atoms with van der Waals surface area (Å²) in [6, 6.07) is 10.6. The number of carboxylic acids is 2. The molecular weight excluding hydrogens is 526 g/mol. The first-order valence-corrected chi connectivity index (χ1v) is 12.1. The molecule has 2 aromatic carbocycles. The molecule has 214 valence electrons. The van der Waals surface area contributed by atoms with Crippen molar-refractivity contribution in [3.05, 3.63) is 65.7 Å². The van der Waals surface area contributed by atoms with Crippen LogP contribution in [0.1, 0.15) is 17.5 Å². The molecule has 14 nitrogen and oxygen atoms in total. The first kappa shape index (κ1) is 31.2. The number of carbonyl (C=O) groups is 6. The molecule has 0 aliphatic rings. The number of aromatic hydroxyl groups is 1. The largest absolute Gasteiger partial charge is 0.508 e. The third-order valence-corrected chi connectivity index (χ3v) is 5.53. The van der Waals surface area contributed by atoms with E-state index in [1.165, 1.54) is 12.1 Å². The van der Waals surface area contributed by atoms with Gasteiger partial charge in [0.25, 0.3) is 0 Å². The highest BCUT2D eigenvalue weighted by Gasteiger charge is 2.28. The zero-order valence-corrected chi connectivity index (χ0v) is 21.3. The van der Waals surface area contributed by atoms with Gasteiger partial charge in [-0.15, -0.1) is 0 Å². The summed E-state index contributed by atoms with van der Waals surface area (Å²) < 4.78 is 0. The Morgan fingerprint density at radius 1 is 0.700 bits per heavy atom. The standard InChI is InChI=1S/C26H31N5O9/c27-18(10-16-6-8-17(32)9-7-16)24(37)29-13-21(33)28-14-22(34)30-19(11-15-4-2-1-3-5-15)25(38)31-20(26(39)40)12-23(35)36/h1-9,18-20,32H,10-14,27H2,(H,28,33)(H,29,37)(H,30,34)(H,31,38)(H,35,36)(H,39,40)/t18-,19-,20-/m0/s1. The van der Waals surface area contributed by atoms with Crippen LogP contribution >= 0.6 is 0 Å². The van der Waals surface area contributed by atoms with E-state index in [-0.39, 0.29) is 18.6 Å². The van der Waals surface area contributed by atoms with E-state index in [4.69, 9.17) is 10.8 Å². The summed E-state index contributed by atoms with van der Waals surface area (Å²) >= 11 is 0. The van der Waals surface area contributed by atoms with Crippen molar-refractivity contribution in [2.45, 2.75) is 37.4 Å². The van der Waals surface area contributed by atoms with E-state index in [0.717, 1.165) is 0 Å². The van der Waals surface area contributed by atoms with Crippen LogP contribution in [0.15, 0.2) is 54.6 Å². The molecule has 0 bridgehead atoms. The molecule has 0 saturated heterocycles. The van der Waals surface area contributed by atoms with Crippen molar-refractivity contribution >= 4 is 35.6 Å². The smallest absolute Gasteiger partial charge is 0.326 e. The van der Waals surface area contributed by atoms with E-state index in [1.807, 2.05) is 0 Å². The van der Waals surface area contributed by atoms with Gasteiger partial charge in [0.2, 0.25) is 23.6 Å². The second-order valence-electron chi connectivity index (χ2n) is 8.78. The molecule has 0 heterocycles. The average molecular weight is 558 g/mol. The lowest BCUT2D eigenvalue weighted by Gasteiger charge is -2.21. The lowest BCUT2D eigenvalue weighted by Crippen LogP contribution is -2.54. The Kier molecular flexibility index (Phi) is 12.1. The number of nitrogens with two attached hydrogens (primary N) is 1. The van der Waals surface area contributed by atoms with Crippen molar-refractivity contribution < 1.29 is 44.1 Å². The van der Waals surface area contributed by atoms with Gasteiger partial charge in [-0.1, -0.05) is 42.5 Å². The third-order valence-electron chi connectivity index (χ3n) is 5.53. The van der Waals surface area contributed by atoms with Crippen LogP contribution in [0, 0.1) is 0 Å². The molecule has 2 rings (SSSR count). The number of hydrogen-bond donors (Lipinski definition) is 8. The fourth-order valence-corrected chi connectivity index (χ4v) is 3.47. The van der Waals surface area contributed by atoms with Gasteiger partial charge in [0.05, 0.1) is 25.6 Å². The van der Waals surface area contributed by atoms with Crippen LogP contribution in [-0.4, -0.2) is 82.1 Å². The maximum atomic E-state index is 12.8. The topological polar surface area (TPSA) is 237 Å². The van der Waals surface area contributed by atoms with Crippen molar-refractivity contribution in [1.29, 1.82) is 0 Å². The third kappa shape index (κ3) is 11.2. The van der Waals surface area contributed by atoms with E-state index in [9.17, 15) is 39.0 Å². The van der Waals surface area contributed by atoms with Gasteiger partial charge in [-0.3, -0.25) is 24.0 Å². The monoisotopic (exact) mass is 557 g/mol. The summed E-state index contributed by atoms with van der Waals surface area (Å²) in [5.74, 6) is -5.96. The SMILES string of the molecule is N[C@@H](Cc1ccc(O)cc1)C(=O)NCC(=O)NCC(=O)N[C@@H](Cc1ccccc1)C(=O)N[C@@H](CC(=O)O)C(=O)O. The molecule has 0 saturated carbocycles. The molecule has 0 aliphatic heterocycles. The molecule has 2 aromatic rings. The van der Waals surface area contributed by atoms with Crippen molar-refractivity contribution in [3.63, 3.8) is 0 Å². The fraction of sp³-hybridized carbons (Fsp3) is 0.308. The van der Waals surface area contributed by atoms with Gasteiger partial charge in [0.1, 0.15) is 17.8 Å². The van der Waals surface area contributed by atoms with E-state index in [0.29, 0.717) is 11.1 Å². The second-order valence-corrected chi connectivity index (χ2v) is 8.78. The lowest BCUT2D eigenvalue weighted by atomic mass is 10.0. The van der Waals surface area contributed by atoms with Gasteiger partial charge < -0.3 is 42.3 Å². The highest BCUT2D eigenvalue weighted by Crippen LogP contribution is 2.11. The van der Waals surface area contributed by atoms with Crippen molar-refractivity contribution in [3.8, 4) is 5.75 Å². The normalized spacial score (nSPS) is 12.7. The van der Waals surface area contributed by atoms with Gasteiger partial charge >= 0.3 is 11.9 Å². The number of rotatable bonds is 15. The van der Waals surface area contributed by atoms with E-state index >= 15 is 0 Å². The number of aliphatic carboxylic acids is 2. The number of phenols is 1. The Bertz CT molecular complexity index is 1200. The number of amides is 4. The highest BCUT2D eigenvalue weighted by molar-refractivity contribution is 5.93. The number of carbonyl (C=O) groups excluding carboxylic acids is 4. The molecule has 40 heavy (non-hydrogen) atoms. The van der Waals surface area contributed by atoms with Crippen molar-refractivity contribution in [1.82, 2.24) is 21.3 Å². The summed E-state index contributed by atoms with van der Waals surface area (Å²) in [6.45, 7) is -1.04. The maximum absolute atomic E-state index is 12.8. The lowest BCUT2D eigenvalue weighted by molar-refractivity contribution is -0.147. The van der Waals surface area contributed by atoms with Gasteiger partial charge in [-0.2, -0.15) is 0 Å². The quantitative estimate of drug-likeness (QED) is 0.123. The highest BCUT2D eigenvalue weighted by atomic mass is 16.4. The van der Waals surface area contributed by atoms with E-state index in [1.54, 1.807) is 42.5 Å². The summed E-state index contributed by atoms with van der Waals surface area (Å²) in [5, 5.41) is 36.6. The van der Waals surface area contributed by atoms with Crippen molar-refractivity contribution in [2.75, 3.05) is 13.1 Å². The molecule has 0 radical (unpaired) electrons. The summed E-state index contributed by atoms with van der Waals surface area (Å²) in [4.78, 5) is 71.9. The Morgan fingerprint density at radius 2 is 1.30 bits per heavy atom. The van der Waals surface area contributed by atoms with Gasteiger partial charge in [0, 0.05) is 6.42 Å². The number of carboxylic acid groups (broad SMARTS) is 2. The minimum absolute atomic E-state index is 0.0409. The predicted molar refractivity (Wildman–Crippen MR) is 140 cm³/mol. The van der Waals surface area contributed by atoms with Crippen molar-refractivity contribution in [2.24, 2.45) is 5.73 Å². The summed E-state index contributed by atoms with van der Waals surface area (Å²) in [5.41, 5.74) is 7.17. The molecule has 0 fully saturated rings. The Hall–Kier alpha value is -4.98. The average Bonchev–Trinajstić information content (AvgIpc) is 2.91. The van der Waals surface area contributed by atoms with Gasteiger partial charge in [0.15, 0.2) is 0 Å². The van der Waals surface area contributed by atoms with Crippen LogP contribution in [0.25, 0.3) is 0 Å². The molecule has 0 unspecified atom stereocenters. The first-order chi connectivity index (χ1) is 18.9. The van der Waals surface area contributed by atoms with E-state index < -0.39 is 73.2 Å². The molecule has 14 heteroatoms. The molecule has 3 atom stereocenters. The molecule has 0 spiro atoms. The van der Waals surface area contributed by atoms with Gasteiger partial charge in [-0.25, -0.2) is 4.79 Å². The van der Waals surface area contributed by atoms with Crippen LogP contribution in [0.2, 0.25) is 0 Å². The van der Waals surface area contributed by atoms with E-state index in [2.05, 4.69) is 21.3 Å². The molecular formula is C26H31N5O9. The fourth-order valence-electron chi connectivity index (χ4n) is 3.47. The van der Waals surface area contributed by atoms with Crippen LogP contribution in [0.4, 0.5) is 0 Å². The zero-order chi connectivity index (χ0) is 29.7. The number of hydrogen-bond acceptors (Lipinski definition) is 8. The minimum Gasteiger partial charge on any atom is -0.508 e. The Labute approximate surface area is 228 Å². The summed E-state index contributed by atoms with van der Waals surface area (Å²) in [6.07, 6.45) is -0.746. The predicted octanol–water partition coefficient (Wildman–Crippen LogP) is -1.73. The van der Waals surface area contributed by atoms with Crippen LogP contribution in [-0.2, 0) is 41.6 Å². The number of nitrogens with one attached hydrogen (secondary N) is 4. The van der Waals surface area contributed by atoms with Crippen LogP contribution in [0.3, 0.4) is 0 Å². The maximum Gasteiger partial charge on any atom is 0.326 e. The second kappa shape index (κ2) is 15.4. The molecule has 0 aliphatic carbocycles. The molecule has 0 aromatic heterocycles. The zero-order valence-electron chi connectivity index (χ0n) is 21.3. The first-order valence-electron chi connectivity index (χ1n) is 12.1. The molecule has 4 amide bonds. The van der Waals surface area contributed by atoms with Crippen LogP contribution in [0.5, 0.6) is 5.75 Å². The Morgan fingerprint density at radius 3 is 1.90 bits per heavy atom. The minimum atomic E-state index is -1.72. The van der Waals surface area contributed by atoms with Gasteiger partial charge in [-0.05, 0) is 29.7 Å². The Balaban J connectivity index is 1.89. The molecule has 9 N–H and O–H groups in total. The summed E-state index contributed by atoms with van der Waals surface area (Å²) in [7, 11) is 0. The van der Waals surface area contributed by atoms with Crippen LogP contribution < -0.4 is 27.0 Å². The number of benzene rings is 2. The number of phenolic OH excluding ortho intramolecular Hbond substituents is 1.